The van der Waals surface area contributed by atoms with E-state index in [1.807, 2.05) is 0 Å². The molecular formula is C14H10Cl2N2O6. The normalized spacial score (nSPS) is 10.2. The van der Waals surface area contributed by atoms with Crippen LogP contribution in [-0.2, 0) is 0 Å². The highest BCUT2D eigenvalue weighted by molar-refractivity contribution is 6.31. The van der Waals surface area contributed by atoms with E-state index < -0.39 is 9.85 Å². The predicted octanol–water partition coefficient (Wildman–Crippen LogP) is 4.27. The summed E-state index contributed by atoms with van der Waals surface area (Å²) in [6.07, 6.45) is 0. The van der Waals surface area contributed by atoms with Crippen LogP contribution in [0.25, 0.3) is 0 Å². The number of benzene rings is 2. The van der Waals surface area contributed by atoms with Crippen LogP contribution in [-0.4, -0.2) is 23.1 Å². The van der Waals surface area contributed by atoms with Crippen molar-refractivity contribution in [3.63, 3.8) is 0 Å². The third-order valence-electron chi connectivity index (χ3n) is 2.83. The van der Waals surface area contributed by atoms with Crippen LogP contribution in [0.4, 0.5) is 11.4 Å². The molecule has 0 radical (unpaired) electrons. The van der Waals surface area contributed by atoms with E-state index in [1.54, 1.807) is 0 Å². The minimum atomic E-state index is -0.619. The summed E-state index contributed by atoms with van der Waals surface area (Å²) in [4.78, 5) is 20.6. The van der Waals surface area contributed by atoms with Gasteiger partial charge in [0.2, 0.25) is 0 Å². The minimum absolute atomic E-state index is 0.0265. The molecule has 0 amide bonds. The lowest BCUT2D eigenvalue weighted by Crippen LogP contribution is -2.10. The summed E-state index contributed by atoms with van der Waals surface area (Å²) >= 11 is 11.4. The molecule has 0 unspecified atom stereocenters. The van der Waals surface area contributed by atoms with Crippen LogP contribution in [0.1, 0.15) is 0 Å². The Labute approximate surface area is 145 Å². The van der Waals surface area contributed by atoms with Crippen molar-refractivity contribution in [1.82, 2.24) is 0 Å². The zero-order chi connectivity index (χ0) is 17.7. The molecular weight excluding hydrogens is 363 g/mol. The van der Waals surface area contributed by atoms with Gasteiger partial charge in [0.15, 0.2) is 11.5 Å². The third kappa shape index (κ3) is 4.46. The van der Waals surface area contributed by atoms with Gasteiger partial charge in [-0.05, 0) is 24.3 Å². The van der Waals surface area contributed by atoms with E-state index in [9.17, 15) is 20.2 Å². The first-order chi connectivity index (χ1) is 11.4. The SMILES string of the molecule is O=[N+]([O-])c1cc(Cl)ccc1OCCOc1ccc(Cl)cc1[N+](=O)[O-]. The molecule has 2 aromatic carbocycles. The van der Waals surface area contributed by atoms with Crippen molar-refractivity contribution >= 4 is 34.6 Å². The Morgan fingerprint density at radius 3 is 1.50 bits per heavy atom. The maximum Gasteiger partial charge on any atom is 0.312 e. The third-order valence-corrected chi connectivity index (χ3v) is 3.30. The number of hydrogen-bond acceptors (Lipinski definition) is 6. The van der Waals surface area contributed by atoms with Crippen LogP contribution in [0, 0.1) is 20.2 Å². The largest absolute Gasteiger partial charge is 0.483 e. The molecule has 2 aromatic rings. The number of nitro groups is 2. The molecule has 0 aliphatic rings. The van der Waals surface area contributed by atoms with Gasteiger partial charge < -0.3 is 9.47 Å². The summed E-state index contributed by atoms with van der Waals surface area (Å²) in [5.74, 6) is 0.0530. The summed E-state index contributed by atoms with van der Waals surface area (Å²) in [6.45, 7) is -0.107. The second-order valence-corrected chi connectivity index (χ2v) is 5.31. The number of nitrogens with zero attached hydrogens (tertiary/aromatic N) is 2. The summed E-state index contributed by atoms with van der Waals surface area (Å²) in [7, 11) is 0. The van der Waals surface area contributed by atoms with Crippen molar-refractivity contribution in [3.8, 4) is 11.5 Å². The van der Waals surface area contributed by atoms with E-state index in [0.29, 0.717) is 0 Å². The first-order valence-electron chi connectivity index (χ1n) is 6.52. The fraction of sp³-hybridized carbons (Fsp3) is 0.143. The number of rotatable bonds is 7. The smallest absolute Gasteiger partial charge is 0.312 e. The van der Waals surface area contributed by atoms with Gasteiger partial charge in [-0.15, -0.1) is 0 Å². The monoisotopic (exact) mass is 372 g/mol. The second kappa shape index (κ2) is 7.80. The molecule has 0 saturated heterocycles. The lowest BCUT2D eigenvalue weighted by Gasteiger charge is -2.09. The lowest BCUT2D eigenvalue weighted by molar-refractivity contribution is -0.386. The molecule has 8 nitrogen and oxygen atoms in total. The van der Waals surface area contributed by atoms with Crippen LogP contribution in [0.2, 0.25) is 10.0 Å². The lowest BCUT2D eigenvalue weighted by atomic mass is 10.3. The molecule has 0 N–H and O–H groups in total. The van der Waals surface area contributed by atoms with Gasteiger partial charge in [-0.1, -0.05) is 23.2 Å². The van der Waals surface area contributed by atoms with Crippen LogP contribution < -0.4 is 9.47 Å². The average molecular weight is 373 g/mol. The topological polar surface area (TPSA) is 105 Å². The zero-order valence-electron chi connectivity index (χ0n) is 12.0. The Morgan fingerprint density at radius 1 is 0.792 bits per heavy atom. The Kier molecular flexibility index (Phi) is 5.78. The van der Waals surface area contributed by atoms with E-state index in [-0.39, 0.29) is 46.1 Å². The van der Waals surface area contributed by atoms with Crippen molar-refractivity contribution in [2.75, 3.05) is 13.2 Å². The summed E-state index contributed by atoms with van der Waals surface area (Å²) < 4.78 is 10.6. The maximum absolute atomic E-state index is 10.9. The average Bonchev–Trinajstić information content (AvgIpc) is 2.53. The molecule has 0 aliphatic heterocycles. The summed E-state index contributed by atoms with van der Waals surface area (Å²) in [5.41, 5.74) is -0.556. The molecule has 10 heteroatoms. The van der Waals surface area contributed by atoms with Gasteiger partial charge in [0.1, 0.15) is 13.2 Å². The van der Waals surface area contributed by atoms with Crippen molar-refractivity contribution < 1.29 is 19.3 Å². The fourth-order valence-corrected chi connectivity index (χ4v) is 2.15. The van der Waals surface area contributed by atoms with E-state index in [0.717, 1.165) is 0 Å². The van der Waals surface area contributed by atoms with Crippen LogP contribution >= 0.6 is 23.2 Å². The standard InChI is InChI=1S/C14H10Cl2N2O6/c15-9-1-3-13(11(7-9)17(19)20)23-5-6-24-14-4-2-10(16)8-12(14)18(21)22/h1-4,7-8H,5-6H2. The molecule has 24 heavy (non-hydrogen) atoms. The first kappa shape index (κ1) is 17.8. The molecule has 126 valence electrons. The Hall–Kier alpha value is -2.58. The van der Waals surface area contributed by atoms with Crippen LogP contribution in [0.3, 0.4) is 0 Å². The van der Waals surface area contributed by atoms with Gasteiger partial charge in [-0.2, -0.15) is 0 Å². The van der Waals surface area contributed by atoms with Gasteiger partial charge in [0.05, 0.1) is 9.85 Å². The van der Waals surface area contributed by atoms with E-state index >= 15 is 0 Å². The van der Waals surface area contributed by atoms with Gasteiger partial charge in [0.25, 0.3) is 0 Å². The van der Waals surface area contributed by atoms with Gasteiger partial charge in [0, 0.05) is 22.2 Å². The Balaban J connectivity index is 1.99. The van der Waals surface area contributed by atoms with Crippen molar-refractivity contribution in [2.24, 2.45) is 0 Å². The molecule has 0 aromatic heterocycles. The highest BCUT2D eigenvalue weighted by Crippen LogP contribution is 2.31. The van der Waals surface area contributed by atoms with Crippen LogP contribution in [0.5, 0.6) is 11.5 Å². The molecule has 0 saturated carbocycles. The summed E-state index contributed by atoms with van der Waals surface area (Å²) in [5, 5.41) is 22.3. The fourth-order valence-electron chi connectivity index (χ4n) is 1.81. The molecule has 0 spiro atoms. The number of ether oxygens (including phenoxy) is 2. The van der Waals surface area contributed by atoms with Crippen LogP contribution in [0.15, 0.2) is 36.4 Å². The van der Waals surface area contributed by atoms with Crippen molar-refractivity contribution in [1.29, 1.82) is 0 Å². The Morgan fingerprint density at radius 2 is 1.17 bits per heavy atom. The maximum atomic E-state index is 10.9. The van der Waals surface area contributed by atoms with Crippen molar-refractivity contribution in [2.45, 2.75) is 0 Å². The van der Waals surface area contributed by atoms with Crippen molar-refractivity contribution in [3.05, 3.63) is 66.7 Å². The van der Waals surface area contributed by atoms with Gasteiger partial charge in [-0.3, -0.25) is 20.2 Å². The molecule has 0 aliphatic carbocycles. The number of hydrogen-bond donors (Lipinski definition) is 0. The van der Waals surface area contributed by atoms with Gasteiger partial charge >= 0.3 is 11.4 Å². The predicted molar refractivity (Wildman–Crippen MR) is 87.2 cm³/mol. The number of nitro benzene ring substituents is 2. The molecule has 0 fully saturated rings. The summed E-state index contributed by atoms with van der Waals surface area (Å²) in [6, 6.07) is 7.98. The molecule has 0 atom stereocenters. The first-order valence-corrected chi connectivity index (χ1v) is 7.27. The zero-order valence-corrected chi connectivity index (χ0v) is 13.5. The minimum Gasteiger partial charge on any atom is -0.483 e. The Bertz CT molecular complexity index is 718. The number of halogens is 2. The highest BCUT2D eigenvalue weighted by Gasteiger charge is 2.17. The van der Waals surface area contributed by atoms with E-state index in [2.05, 4.69) is 0 Å². The molecule has 0 bridgehead atoms. The van der Waals surface area contributed by atoms with E-state index in [1.165, 1.54) is 36.4 Å². The molecule has 2 rings (SSSR count). The highest BCUT2D eigenvalue weighted by atomic mass is 35.5. The molecule has 0 heterocycles. The quantitative estimate of drug-likeness (QED) is 0.408. The van der Waals surface area contributed by atoms with E-state index in [4.69, 9.17) is 32.7 Å². The van der Waals surface area contributed by atoms with Gasteiger partial charge in [-0.25, -0.2) is 0 Å². The second-order valence-electron chi connectivity index (χ2n) is 4.44.